The summed E-state index contributed by atoms with van der Waals surface area (Å²) in [4.78, 5) is 17.8. The van der Waals surface area contributed by atoms with Gasteiger partial charge in [-0.2, -0.15) is 0 Å². The lowest BCUT2D eigenvalue weighted by Gasteiger charge is -2.18. The van der Waals surface area contributed by atoms with Crippen molar-refractivity contribution in [2.75, 3.05) is 23.1 Å². The first kappa shape index (κ1) is 12.6. The molecule has 1 unspecified atom stereocenters. The van der Waals surface area contributed by atoms with Crippen LogP contribution in [0, 0.1) is 12.8 Å². The van der Waals surface area contributed by atoms with Crippen LogP contribution in [0.25, 0.3) is 0 Å². The van der Waals surface area contributed by atoms with E-state index in [0.717, 1.165) is 10.2 Å². The minimum atomic E-state index is 0.0385. The second kappa shape index (κ2) is 4.82. The number of aromatic nitrogens is 1. The largest absolute Gasteiger partial charge is 0.396 e. The van der Waals surface area contributed by atoms with E-state index in [1.807, 2.05) is 6.92 Å². The van der Waals surface area contributed by atoms with Crippen molar-refractivity contribution in [1.29, 1.82) is 0 Å². The summed E-state index contributed by atoms with van der Waals surface area (Å²) >= 11 is 9.15. The summed E-state index contributed by atoms with van der Waals surface area (Å²) < 4.78 is 0.847. The molecule has 1 fully saturated rings. The normalized spacial score (nSPS) is 20.1. The van der Waals surface area contributed by atoms with E-state index in [2.05, 4.69) is 20.9 Å². The molecular weight excluding hydrogens is 305 g/mol. The second-order valence-corrected chi connectivity index (χ2v) is 5.36. The Balaban J connectivity index is 2.35. The molecule has 1 aliphatic heterocycles. The Hall–Kier alpha value is -0.810. The topological polar surface area (TPSA) is 59.2 Å². The van der Waals surface area contributed by atoms with Crippen LogP contribution in [0.2, 0.25) is 0 Å². The molecule has 2 N–H and O–H groups in total. The first-order chi connectivity index (χ1) is 8.02. The SMILES string of the molecule is Cc1nc(N2CC(CCl)CC2=O)c(N)cc1Br. The van der Waals surface area contributed by atoms with Crippen molar-refractivity contribution in [1.82, 2.24) is 4.98 Å². The molecule has 0 radical (unpaired) electrons. The smallest absolute Gasteiger partial charge is 0.228 e. The molecule has 92 valence electrons. The van der Waals surface area contributed by atoms with Gasteiger partial charge in [0.1, 0.15) is 0 Å². The molecule has 1 saturated heterocycles. The Kier molecular flexibility index (Phi) is 3.58. The number of nitrogen functional groups attached to an aromatic ring is 1. The molecule has 0 bridgehead atoms. The van der Waals surface area contributed by atoms with Gasteiger partial charge in [-0.25, -0.2) is 4.98 Å². The predicted molar refractivity (Wildman–Crippen MR) is 72.3 cm³/mol. The van der Waals surface area contributed by atoms with Gasteiger partial charge < -0.3 is 5.73 Å². The van der Waals surface area contributed by atoms with Crippen molar-refractivity contribution in [3.63, 3.8) is 0 Å². The highest BCUT2D eigenvalue weighted by Crippen LogP contribution is 2.31. The molecule has 1 amide bonds. The number of hydrogen-bond donors (Lipinski definition) is 1. The number of nitrogens with zero attached hydrogens (tertiary/aromatic N) is 2. The van der Waals surface area contributed by atoms with Crippen LogP contribution in [0.15, 0.2) is 10.5 Å². The zero-order chi connectivity index (χ0) is 12.6. The van der Waals surface area contributed by atoms with E-state index in [-0.39, 0.29) is 11.8 Å². The van der Waals surface area contributed by atoms with Crippen molar-refractivity contribution in [2.24, 2.45) is 5.92 Å². The number of aryl methyl sites for hydroxylation is 1. The zero-order valence-electron chi connectivity index (χ0n) is 9.41. The van der Waals surface area contributed by atoms with E-state index in [0.29, 0.717) is 30.4 Å². The number of carbonyl (C=O) groups excluding carboxylic acids is 1. The Morgan fingerprint density at radius 2 is 2.41 bits per heavy atom. The summed E-state index contributed by atoms with van der Waals surface area (Å²) in [5.74, 6) is 1.26. The molecule has 2 heterocycles. The first-order valence-electron chi connectivity index (χ1n) is 5.32. The summed E-state index contributed by atoms with van der Waals surface area (Å²) in [7, 11) is 0. The third kappa shape index (κ3) is 2.40. The molecule has 0 spiro atoms. The lowest BCUT2D eigenvalue weighted by molar-refractivity contribution is -0.117. The van der Waals surface area contributed by atoms with E-state index < -0.39 is 0 Å². The van der Waals surface area contributed by atoms with Gasteiger partial charge in [-0.05, 0) is 34.8 Å². The fraction of sp³-hybridized carbons (Fsp3) is 0.455. The van der Waals surface area contributed by atoms with Gasteiger partial charge in [-0.15, -0.1) is 11.6 Å². The molecule has 0 saturated carbocycles. The van der Waals surface area contributed by atoms with Crippen molar-refractivity contribution in [3.8, 4) is 0 Å². The Labute approximate surface area is 113 Å². The molecule has 2 rings (SSSR count). The molecule has 1 aromatic rings. The van der Waals surface area contributed by atoms with Crippen molar-refractivity contribution < 1.29 is 4.79 Å². The summed E-state index contributed by atoms with van der Waals surface area (Å²) in [6.07, 6.45) is 0.472. The van der Waals surface area contributed by atoms with E-state index in [1.54, 1.807) is 11.0 Å². The van der Waals surface area contributed by atoms with Gasteiger partial charge in [0, 0.05) is 23.3 Å². The van der Waals surface area contributed by atoms with Gasteiger partial charge >= 0.3 is 0 Å². The number of carbonyl (C=O) groups is 1. The monoisotopic (exact) mass is 317 g/mol. The van der Waals surface area contributed by atoms with Crippen LogP contribution in [-0.4, -0.2) is 23.3 Å². The van der Waals surface area contributed by atoms with Gasteiger partial charge in [-0.1, -0.05) is 0 Å². The van der Waals surface area contributed by atoms with Gasteiger partial charge in [0.15, 0.2) is 5.82 Å². The third-order valence-electron chi connectivity index (χ3n) is 2.84. The maximum absolute atomic E-state index is 11.9. The maximum Gasteiger partial charge on any atom is 0.228 e. The van der Waals surface area contributed by atoms with Crippen LogP contribution in [0.5, 0.6) is 0 Å². The van der Waals surface area contributed by atoms with Crippen molar-refractivity contribution in [3.05, 3.63) is 16.2 Å². The number of hydrogen-bond acceptors (Lipinski definition) is 3. The van der Waals surface area contributed by atoms with Gasteiger partial charge in [0.2, 0.25) is 5.91 Å². The molecule has 0 aromatic carbocycles. The molecule has 6 heteroatoms. The van der Waals surface area contributed by atoms with Crippen LogP contribution >= 0.6 is 27.5 Å². The maximum atomic E-state index is 11.9. The minimum absolute atomic E-state index is 0.0385. The molecule has 1 aromatic heterocycles. The average Bonchev–Trinajstić information content (AvgIpc) is 2.65. The number of rotatable bonds is 2. The van der Waals surface area contributed by atoms with Crippen LogP contribution in [0.4, 0.5) is 11.5 Å². The van der Waals surface area contributed by atoms with Crippen LogP contribution < -0.4 is 10.6 Å². The van der Waals surface area contributed by atoms with Crippen molar-refractivity contribution >= 4 is 44.9 Å². The zero-order valence-corrected chi connectivity index (χ0v) is 11.8. The molecule has 17 heavy (non-hydrogen) atoms. The number of anilines is 2. The van der Waals surface area contributed by atoms with E-state index in [1.165, 1.54) is 0 Å². The standard InChI is InChI=1S/C11H13BrClN3O/c1-6-8(12)3-9(14)11(15-6)16-5-7(4-13)2-10(16)17/h3,7H,2,4-5,14H2,1H3. The van der Waals surface area contributed by atoms with Gasteiger partial charge in [0.05, 0.1) is 11.4 Å². The molecule has 1 atom stereocenters. The predicted octanol–water partition coefficient (Wildman–Crippen LogP) is 2.33. The van der Waals surface area contributed by atoms with E-state index in [9.17, 15) is 4.79 Å². The highest BCUT2D eigenvalue weighted by Gasteiger charge is 2.32. The number of pyridine rings is 1. The van der Waals surface area contributed by atoms with Crippen LogP contribution in [0.1, 0.15) is 12.1 Å². The molecule has 4 nitrogen and oxygen atoms in total. The summed E-state index contributed by atoms with van der Waals surface area (Å²) in [5.41, 5.74) is 7.22. The van der Waals surface area contributed by atoms with Crippen molar-refractivity contribution in [2.45, 2.75) is 13.3 Å². The highest BCUT2D eigenvalue weighted by atomic mass is 79.9. The van der Waals surface area contributed by atoms with Crippen LogP contribution in [0.3, 0.4) is 0 Å². The fourth-order valence-corrected chi connectivity index (χ4v) is 2.43. The Morgan fingerprint density at radius 3 is 3.00 bits per heavy atom. The van der Waals surface area contributed by atoms with Gasteiger partial charge in [-0.3, -0.25) is 9.69 Å². The molecule has 1 aliphatic rings. The lowest BCUT2D eigenvalue weighted by atomic mass is 10.1. The quantitative estimate of drug-likeness (QED) is 0.851. The average molecular weight is 319 g/mol. The summed E-state index contributed by atoms with van der Waals surface area (Å²) in [5, 5.41) is 0. The van der Waals surface area contributed by atoms with Crippen LogP contribution in [-0.2, 0) is 4.79 Å². The fourth-order valence-electron chi connectivity index (χ4n) is 1.89. The third-order valence-corrected chi connectivity index (χ3v) is 4.08. The lowest BCUT2D eigenvalue weighted by Crippen LogP contribution is -2.27. The summed E-state index contributed by atoms with van der Waals surface area (Å²) in [6, 6.07) is 1.78. The Bertz CT molecular complexity index is 466. The van der Waals surface area contributed by atoms with E-state index in [4.69, 9.17) is 17.3 Å². The number of amides is 1. The van der Waals surface area contributed by atoms with E-state index >= 15 is 0 Å². The number of halogens is 2. The highest BCUT2D eigenvalue weighted by molar-refractivity contribution is 9.10. The number of nitrogens with two attached hydrogens (primary N) is 1. The molecule has 0 aliphatic carbocycles. The second-order valence-electron chi connectivity index (χ2n) is 4.20. The molecular formula is C11H13BrClN3O. The Morgan fingerprint density at radius 1 is 1.71 bits per heavy atom. The first-order valence-corrected chi connectivity index (χ1v) is 6.64. The summed E-state index contributed by atoms with van der Waals surface area (Å²) in [6.45, 7) is 2.47. The minimum Gasteiger partial charge on any atom is -0.396 e. The van der Waals surface area contributed by atoms with Gasteiger partial charge in [0.25, 0.3) is 0 Å². The number of alkyl halides is 1.